The van der Waals surface area contributed by atoms with Gasteiger partial charge in [-0.1, -0.05) is 44.2 Å². The average Bonchev–Trinajstić information content (AvgIpc) is 3.15. The SMILES string of the molecule is CCc1ccc(N=C2S/C(=C\c3cc([N+](=O)[O-])ccc3[O-])C(=O)N2c2ccc(CC)cc2)cc1. The van der Waals surface area contributed by atoms with Crippen LogP contribution in [0, 0.1) is 10.1 Å². The third-order valence-electron chi connectivity index (χ3n) is 5.47. The van der Waals surface area contributed by atoms with Crippen LogP contribution in [-0.2, 0) is 17.6 Å². The van der Waals surface area contributed by atoms with Crippen molar-refractivity contribution in [2.75, 3.05) is 4.90 Å². The number of aryl methyl sites for hydroxylation is 2. The molecule has 7 nitrogen and oxygen atoms in total. The third-order valence-corrected chi connectivity index (χ3v) is 6.44. The van der Waals surface area contributed by atoms with Gasteiger partial charge in [-0.15, -0.1) is 5.75 Å². The first-order chi connectivity index (χ1) is 16.4. The van der Waals surface area contributed by atoms with Gasteiger partial charge in [0.15, 0.2) is 5.17 Å². The first kappa shape index (κ1) is 23.3. The number of carbonyl (C=O) groups excluding carboxylic acids is 1. The van der Waals surface area contributed by atoms with Crippen LogP contribution in [0.25, 0.3) is 6.08 Å². The molecular formula is C26H22N3O4S-. The van der Waals surface area contributed by atoms with Gasteiger partial charge in [0, 0.05) is 12.1 Å². The number of nitro benzene ring substituents is 1. The molecule has 1 heterocycles. The van der Waals surface area contributed by atoms with Crippen molar-refractivity contribution in [2.24, 2.45) is 4.99 Å². The van der Waals surface area contributed by atoms with Crippen LogP contribution in [0.5, 0.6) is 5.75 Å². The molecule has 0 unspecified atom stereocenters. The normalized spacial score (nSPS) is 15.9. The fourth-order valence-corrected chi connectivity index (χ4v) is 4.47. The molecule has 3 aromatic rings. The largest absolute Gasteiger partial charge is 0.872 e. The summed E-state index contributed by atoms with van der Waals surface area (Å²) in [6.07, 6.45) is 3.18. The maximum Gasteiger partial charge on any atom is 0.271 e. The first-order valence-electron chi connectivity index (χ1n) is 10.9. The van der Waals surface area contributed by atoms with Gasteiger partial charge in [-0.25, -0.2) is 4.99 Å². The number of non-ortho nitro benzene ring substituents is 1. The molecule has 172 valence electrons. The van der Waals surface area contributed by atoms with E-state index in [9.17, 15) is 20.0 Å². The summed E-state index contributed by atoms with van der Waals surface area (Å²) < 4.78 is 0. The van der Waals surface area contributed by atoms with Crippen molar-refractivity contribution in [3.8, 4) is 5.75 Å². The van der Waals surface area contributed by atoms with Crippen molar-refractivity contribution < 1.29 is 14.8 Å². The maximum absolute atomic E-state index is 13.4. The lowest BCUT2D eigenvalue weighted by molar-refractivity contribution is -0.385. The van der Waals surface area contributed by atoms with Crippen molar-refractivity contribution in [1.29, 1.82) is 0 Å². The summed E-state index contributed by atoms with van der Waals surface area (Å²) in [5.41, 5.74) is 3.55. The Kier molecular flexibility index (Phi) is 6.79. The Balaban J connectivity index is 1.78. The van der Waals surface area contributed by atoms with E-state index in [1.165, 1.54) is 22.6 Å². The Labute approximate surface area is 201 Å². The van der Waals surface area contributed by atoms with E-state index in [0.29, 0.717) is 16.5 Å². The lowest BCUT2D eigenvalue weighted by atomic mass is 10.1. The van der Waals surface area contributed by atoms with Gasteiger partial charge in [0.05, 0.1) is 21.2 Å². The number of aliphatic imine (C=N–C) groups is 1. The second-order valence-corrected chi connectivity index (χ2v) is 8.67. The molecule has 0 saturated carbocycles. The highest BCUT2D eigenvalue weighted by molar-refractivity contribution is 8.19. The summed E-state index contributed by atoms with van der Waals surface area (Å²) >= 11 is 1.13. The Bertz CT molecular complexity index is 1300. The van der Waals surface area contributed by atoms with Crippen LogP contribution in [0.1, 0.15) is 30.5 Å². The quantitative estimate of drug-likeness (QED) is 0.264. The second kappa shape index (κ2) is 9.93. The standard InChI is InChI=1S/C26H23N3O4S/c1-3-17-5-9-20(10-6-17)27-26-28(21-11-7-18(4-2)8-12-21)25(31)24(34-26)16-19-15-22(29(32)33)13-14-23(19)30/h5-16,30H,3-4H2,1-2H3/p-1/b24-16-,27-26?. The summed E-state index contributed by atoms with van der Waals surface area (Å²) in [5.74, 6) is -0.741. The van der Waals surface area contributed by atoms with E-state index in [1.807, 2.05) is 48.5 Å². The number of rotatable bonds is 6. The smallest absolute Gasteiger partial charge is 0.271 e. The van der Waals surface area contributed by atoms with Gasteiger partial charge < -0.3 is 5.11 Å². The molecule has 0 atom stereocenters. The molecule has 0 aliphatic carbocycles. The number of thioether (sulfide) groups is 1. The van der Waals surface area contributed by atoms with E-state index < -0.39 is 10.7 Å². The van der Waals surface area contributed by atoms with Gasteiger partial charge in [0.25, 0.3) is 11.6 Å². The fourth-order valence-electron chi connectivity index (χ4n) is 3.48. The summed E-state index contributed by atoms with van der Waals surface area (Å²) in [6.45, 7) is 4.13. The average molecular weight is 473 g/mol. The first-order valence-corrected chi connectivity index (χ1v) is 11.7. The zero-order chi connectivity index (χ0) is 24.2. The van der Waals surface area contributed by atoms with Gasteiger partial charge in [0.1, 0.15) is 0 Å². The van der Waals surface area contributed by atoms with E-state index in [0.717, 1.165) is 42.3 Å². The van der Waals surface area contributed by atoms with Crippen molar-refractivity contribution in [2.45, 2.75) is 26.7 Å². The Hall–Kier alpha value is -3.91. The molecule has 0 aromatic heterocycles. The molecule has 0 bridgehead atoms. The fraction of sp³-hybridized carbons (Fsp3) is 0.154. The third kappa shape index (κ3) is 4.87. The molecule has 0 spiro atoms. The summed E-state index contributed by atoms with van der Waals surface area (Å²) in [7, 11) is 0. The van der Waals surface area contributed by atoms with Crippen LogP contribution >= 0.6 is 11.8 Å². The van der Waals surface area contributed by atoms with Crippen molar-refractivity contribution in [3.63, 3.8) is 0 Å². The van der Waals surface area contributed by atoms with Crippen LogP contribution in [0.2, 0.25) is 0 Å². The molecule has 3 aromatic carbocycles. The molecular weight excluding hydrogens is 450 g/mol. The summed E-state index contributed by atoms with van der Waals surface area (Å²) in [6, 6.07) is 18.9. The van der Waals surface area contributed by atoms with Crippen molar-refractivity contribution in [3.05, 3.63) is 98.4 Å². The Morgan fingerprint density at radius 1 is 0.971 bits per heavy atom. The molecule has 1 saturated heterocycles. The summed E-state index contributed by atoms with van der Waals surface area (Å²) in [5, 5.41) is 23.9. The van der Waals surface area contributed by atoms with E-state index in [1.54, 1.807) is 0 Å². The molecule has 4 rings (SSSR count). The van der Waals surface area contributed by atoms with E-state index >= 15 is 0 Å². The molecule has 0 N–H and O–H groups in total. The lowest BCUT2D eigenvalue weighted by Gasteiger charge is -2.16. The molecule has 34 heavy (non-hydrogen) atoms. The highest BCUT2D eigenvalue weighted by Crippen LogP contribution is 2.38. The Morgan fingerprint density at radius 2 is 1.59 bits per heavy atom. The van der Waals surface area contributed by atoms with Crippen molar-refractivity contribution >= 4 is 46.0 Å². The van der Waals surface area contributed by atoms with Crippen LogP contribution in [0.3, 0.4) is 0 Å². The van der Waals surface area contributed by atoms with Crippen LogP contribution in [0.4, 0.5) is 17.1 Å². The lowest BCUT2D eigenvalue weighted by Crippen LogP contribution is -2.28. The van der Waals surface area contributed by atoms with Crippen LogP contribution in [-0.4, -0.2) is 16.0 Å². The number of anilines is 1. The van der Waals surface area contributed by atoms with Crippen LogP contribution in [0.15, 0.2) is 76.6 Å². The zero-order valence-corrected chi connectivity index (χ0v) is 19.5. The second-order valence-electron chi connectivity index (χ2n) is 7.66. The van der Waals surface area contributed by atoms with E-state index in [4.69, 9.17) is 4.99 Å². The van der Waals surface area contributed by atoms with Crippen molar-refractivity contribution in [1.82, 2.24) is 0 Å². The number of amidine groups is 1. The molecule has 1 amide bonds. The monoisotopic (exact) mass is 472 g/mol. The minimum absolute atomic E-state index is 0.0832. The predicted molar refractivity (Wildman–Crippen MR) is 134 cm³/mol. The highest BCUT2D eigenvalue weighted by Gasteiger charge is 2.35. The predicted octanol–water partition coefficient (Wildman–Crippen LogP) is 5.60. The molecule has 1 aliphatic heterocycles. The van der Waals surface area contributed by atoms with Crippen LogP contribution < -0.4 is 10.0 Å². The summed E-state index contributed by atoms with van der Waals surface area (Å²) in [4.78, 5) is 30.5. The topological polar surface area (TPSA) is 98.9 Å². The number of amides is 1. The number of nitrogens with zero attached hydrogens (tertiary/aromatic N) is 3. The number of nitro groups is 1. The van der Waals surface area contributed by atoms with Gasteiger partial charge in [-0.3, -0.25) is 19.8 Å². The Morgan fingerprint density at radius 3 is 2.18 bits per heavy atom. The number of hydrogen-bond acceptors (Lipinski definition) is 6. The number of carbonyl (C=O) groups is 1. The molecule has 0 radical (unpaired) electrons. The van der Waals surface area contributed by atoms with E-state index in [-0.39, 0.29) is 22.1 Å². The highest BCUT2D eigenvalue weighted by atomic mass is 32.2. The number of hydrogen-bond donors (Lipinski definition) is 0. The van der Waals surface area contributed by atoms with Gasteiger partial charge in [-0.2, -0.15) is 0 Å². The van der Waals surface area contributed by atoms with E-state index in [2.05, 4.69) is 13.8 Å². The number of benzene rings is 3. The minimum Gasteiger partial charge on any atom is -0.872 e. The zero-order valence-electron chi connectivity index (χ0n) is 18.7. The minimum atomic E-state index is -0.570. The van der Waals surface area contributed by atoms with Gasteiger partial charge in [-0.05, 0) is 71.6 Å². The molecule has 1 fully saturated rings. The molecule has 8 heteroatoms. The van der Waals surface area contributed by atoms with Gasteiger partial charge in [0.2, 0.25) is 0 Å². The maximum atomic E-state index is 13.4. The van der Waals surface area contributed by atoms with Gasteiger partial charge >= 0.3 is 0 Å². The molecule has 1 aliphatic rings.